The number of non-ortho nitro benzene ring substituents is 1. The first kappa shape index (κ1) is 20.0. The number of anilines is 1. The van der Waals surface area contributed by atoms with Crippen LogP contribution in [0.3, 0.4) is 0 Å². The van der Waals surface area contributed by atoms with Gasteiger partial charge >= 0.3 is 5.97 Å². The Morgan fingerprint density at radius 3 is 2.27 bits per heavy atom. The van der Waals surface area contributed by atoms with Crippen molar-refractivity contribution in [1.82, 2.24) is 0 Å². The second-order valence-corrected chi connectivity index (χ2v) is 7.72. The van der Waals surface area contributed by atoms with Crippen molar-refractivity contribution < 1.29 is 23.2 Å². The molecule has 0 amide bonds. The van der Waals surface area contributed by atoms with Gasteiger partial charge in [-0.15, -0.1) is 0 Å². The summed E-state index contributed by atoms with van der Waals surface area (Å²) in [5.74, 6) is -1.23. The van der Waals surface area contributed by atoms with Crippen LogP contribution in [0.15, 0.2) is 47.4 Å². The average molecular weight is 419 g/mol. The highest BCUT2D eigenvalue weighted by Crippen LogP contribution is 2.37. The number of carbonyl (C=O) groups is 1. The number of rotatable bonds is 7. The van der Waals surface area contributed by atoms with Crippen LogP contribution < -0.4 is 4.31 Å². The van der Waals surface area contributed by atoms with Crippen molar-refractivity contribution in [1.29, 1.82) is 0 Å². The Bertz CT molecular complexity index is 944. The van der Waals surface area contributed by atoms with E-state index >= 15 is 0 Å². The second-order valence-electron chi connectivity index (χ2n) is 5.05. The topological polar surface area (TPSA) is 118 Å². The van der Waals surface area contributed by atoms with Gasteiger partial charge in [-0.2, -0.15) is 0 Å². The lowest BCUT2D eigenvalue weighted by Crippen LogP contribution is -2.33. The summed E-state index contributed by atoms with van der Waals surface area (Å²) in [5, 5.41) is 19.8. The van der Waals surface area contributed by atoms with E-state index in [4.69, 9.17) is 28.3 Å². The van der Waals surface area contributed by atoms with Crippen molar-refractivity contribution >= 4 is 50.6 Å². The third-order valence-corrected chi connectivity index (χ3v) is 5.74. The van der Waals surface area contributed by atoms with E-state index in [-0.39, 0.29) is 20.6 Å². The molecular weight excluding hydrogens is 407 g/mol. The largest absolute Gasteiger partial charge is 0.481 e. The summed E-state index contributed by atoms with van der Waals surface area (Å²) >= 11 is 12.1. The summed E-state index contributed by atoms with van der Waals surface area (Å²) < 4.78 is 26.8. The minimum atomic E-state index is -4.35. The van der Waals surface area contributed by atoms with Gasteiger partial charge in [0, 0.05) is 18.7 Å². The van der Waals surface area contributed by atoms with E-state index in [1.54, 1.807) is 0 Å². The number of hydrogen-bond acceptors (Lipinski definition) is 5. The van der Waals surface area contributed by atoms with Gasteiger partial charge in [-0.25, -0.2) is 8.42 Å². The first-order chi connectivity index (χ1) is 12.1. The summed E-state index contributed by atoms with van der Waals surface area (Å²) in [6.45, 7) is -0.455. The number of hydrogen-bond donors (Lipinski definition) is 1. The fraction of sp³-hybridized carbons (Fsp3) is 0.133. The number of benzene rings is 2. The number of carboxylic acid groups (broad SMARTS) is 1. The standard InChI is InChI=1S/C15H12Cl2N2O6S/c16-12-5-2-6-13(17)15(12)18(8-7-14(20)21)26(24,25)11-4-1-3-10(9-11)19(22)23/h1-6,9H,7-8H2,(H,20,21). The molecule has 0 saturated carbocycles. The van der Waals surface area contributed by atoms with Crippen LogP contribution in [0.5, 0.6) is 0 Å². The number of nitrogens with zero attached hydrogens (tertiary/aromatic N) is 2. The summed E-state index contributed by atoms with van der Waals surface area (Å²) in [6, 6.07) is 8.72. The zero-order chi connectivity index (χ0) is 19.5. The first-order valence-corrected chi connectivity index (χ1v) is 9.27. The van der Waals surface area contributed by atoms with Crippen LogP contribution in [-0.2, 0) is 14.8 Å². The Morgan fingerprint density at radius 1 is 1.15 bits per heavy atom. The molecule has 0 aromatic heterocycles. The average Bonchev–Trinajstić information content (AvgIpc) is 2.57. The van der Waals surface area contributed by atoms with Crippen molar-refractivity contribution in [2.75, 3.05) is 10.8 Å². The van der Waals surface area contributed by atoms with Gasteiger partial charge in [-0.05, 0) is 18.2 Å². The SMILES string of the molecule is O=C(O)CCN(c1c(Cl)cccc1Cl)S(=O)(=O)c1cccc([N+](=O)[O-])c1. The minimum Gasteiger partial charge on any atom is -0.481 e. The zero-order valence-corrected chi connectivity index (χ0v) is 15.3. The lowest BCUT2D eigenvalue weighted by Gasteiger charge is -2.25. The maximum atomic E-state index is 13.0. The van der Waals surface area contributed by atoms with Crippen LogP contribution >= 0.6 is 23.2 Å². The molecular formula is C15H12Cl2N2O6S. The Labute approximate surface area is 158 Å². The molecule has 11 heteroatoms. The third-order valence-electron chi connectivity index (χ3n) is 3.33. The van der Waals surface area contributed by atoms with Gasteiger partial charge in [0.25, 0.3) is 15.7 Å². The van der Waals surface area contributed by atoms with Gasteiger partial charge in [0.2, 0.25) is 0 Å². The molecule has 26 heavy (non-hydrogen) atoms. The summed E-state index contributed by atoms with van der Waals surface area (Å²) in [6.07, 6.45) is -0.518. The predicted molar refractivity (Wildman–Crippen MR) is 96.3 cm³/mol. The second kappa shape index (κ2) is 7.90. The normalized spacial score (nSPS) is 11.2. The van der Waals surface area contributed by atoms with E-state index < -0.39 is 39.6 Å². The van der Waals surface area contributed by atoms with E-state index in [9.17, 15) is 23.3 Å². The Kier molecular flexibility index (Phi) is 6.06. The monoisotopic (exact) mass is 418 g/mol. The van der Waals surface area contributed by atoms with Gasteiger partial charge in [0.05, 0.1) is 32.0 Å². The molecule has 1 N–H and O–H groups in total. The molecule has 0 heterocycles. The van der Waals surface area contributed by atoms with Crippen molar-refractivity contribution in [3.63, 3.8) is 0 Å². The molecule has 138 valence electrons. The molecule has 0 saturated heterocycles. The fourth-order valence-electron chi connectivity index (χ4n) is 2.16. The maximum absolute atomic E-state index is 13.0. The van der Waals surface area contributed by atoms with Gasteiger partial charge in [-0.1, -0.05) is 35.3 Å². The minimum absolute atomic E-state index is 0.00288. The van der Waals surface area contributed by atoms with Crippen LogP contribution in [0.1, 0.15) is 6.42 Å². The van der Waals surface area contributed by atoms with Crippen molar-refractivity contribution in [2.24, 2.45) is 0 Å². The molecule has 2 rings (SSSR count). The number of halogens is 2. The number of carboxylic acids is 1. The van der Waals surface area contributed by atoms with E-state index in [0.29, 0.717) is 0 Å². The number of sulfonamides is 1. The number of para-hydroxylation sites is 1. The highest BCUT2D eigenvalue weighted by atomic mass is 35.5. The number of aliphatic carboxylic acids is 1. The Balaban J connectivity index is 2.62. The van der Waals surface area contributed by atoms with Crippen LogP contribution in [-0.4, -0.2) is 31.0 Å². The van der Waals surface area contributed by atoms with Crippen LogP contribution in [0, 0.1) is 10.1 Å². The highest BCUT2D eigenvalue weighted by molar-refractivity contribution is 7.92. The molecule has 8 nitrogen and oxygen atoms in total. The molecule has 0 unspecified atom stereocenters. The number of nitro groups is 1. The van der Waals surface area contributed by atoms with E-state index in [0.717, 1.165) is 16.4 Å². The van der Waals surface area contributed by atoms with Gasteiger partial charge in [-0.3, -0.25) is 19.2 Å². The third kappa shape index (κ3) is 4.24. The molecule has 2 aromatic carbocycles. The molecule has 0 aliphatic rings. The molecule has 0 aliphatic carbocycles. The Hall–Kier alpha value is -2.36. The highest BCUT2D eigenvalue weighted by Gasteiger charge is 2.30. The molecule has 0 spiro atoms. The molecule has 0 aliphatic heterocycles. The Morgan fingerprint density at radius 2 is 1.73 bits per heavy atom. The predicted octanol–water partition coefficient (Wildman–Crippen LogP) is 3.57. The van der Waals surface area contributed by atoms with Crippen molar-refractivity contribution in [3.8, 4) is 0 Å². The summed E-state index contributed by atoms with van der Waals surface area (Å²) in [4.78, 5) is 20.7. The zero-order valence-electron chi connectivity index (χ0n) is 13.0. The van der Waals surface area contributed by atoms with Crippen LogP contribution in [0.4, 0.5) is 11.4 Å². The van der Waals surface area contributed by atoms with Gasteiger partial charge in [0.15, 0.2) is 0 Å². The lowest BCUT2D eigenvalue weighted by atomic mass is 10.3. The van der Waals surface area contributed by atoms with Gasteiger partial charge < -0.3 is 5.11 Å². The first-order valence-electron chi connectivity index (χ1n) is 7.07. The molecule has 0 bridgehead atoms. The quantitative estimate of drug-likeness (QED) is 0.542. The van der Waals surface area contributed by atoms with Crippen molar-refractivity contribution in [3.05, 3.63) is 62.6 Å². The maximum Gasteiger partial charge on any atom is 0.305 e. The van der Waals surface area contributed by atoms with E-state index in [1.165, 1.54) is 30.3 Å². The molecule has 0 fully saturated rings. The summed E-state index contributed by atoms with van der Waals surface area (Å²) in [7, 11) is -4.35. The van der Waals surface area contributed by atoms with E-state index in [2.05, 4.69) is 0 Å². The van der Waals surface area contributed by atoms with Crippen LogP contribution in [0.25, 0.3) is 0 Å². The molecule has 0 radical (unpaired) electrons. The van der Waals surface area contributed by atoms with E-state index in [1.807, 2.05) is 0 Å². The number of nitro benzene ring substituents is 1. The molecule has 0 atom stereocenters. The van der Waals surface area contributed by atoms with Crippen LogP contribution in [0.2, 0.25) is 10.0 Å². The lowest BCUT2D eigenvalue weighted by molar-refractivity contribution is -0.385. The smallest absolute Gasteiger partial charge is 0.305 e. The van der Waals surface area contributed by atoms with Crippen molar-refractivity contribution in [2.45, 2.75) is 11.3 Å². The summed E-state index contributed by atoms with van der Waals surface area (Å²) in [5.41, 5.74) is -0.516. The van der Waals surface area contributed by atoms with Gasteiger partial charge in [0.1, 0.15) is 0 Å². The molecule has 2 aromatic rings. The fourth-order valence-corrected chi connectivity index (χ4v) is 4.41.